The van der Waals surface area contributed by atoms with Gasteiger partial charge in [-0.25, -0.2) is 4.39 Å². The van der Waals surface area contributed by atoms with Crippen molar-refractivity contribution in [2.75, 3.05) is 39.9 Å². The molecular weight excluding hydrogens is 372 g/mol. The molecule has 9 heteroatoms. The summed E-state index contributed by atoms with van der Waals surface area (Å²) in [5, 5.41) is 0.274. The van der Waals surface area contributed by atoms with E-state index in [-0.39, 0.29) is 34.2 Å². The third-order valence-corrected chi connectivity index (χ3v) is 4.94. The van der Waals surface area contributed by atoms with Crippen molar-refractivity contribution in [3.05, 3.63) is 33.7 Å². The molecular formula is C16H16Cl2FN3O3. The molecule has 1 aromatic heterocycles. The van der Waals surface area contributed by atoms with Crippen molar-refractivity contribution in [3.8, 4) is 0 Å². The molecule has 2 heterocycles. The normalized spacial score (nSPS) is 15.0. The summed E-state index contributed by atoms with van der Waals surface area (Å²) in [5.41, 5.74) is 0.662. The number of methoxy groups -OCH3 is 1. The van der Waals surface area contributed by atoms with Gasteiger partial charge in [-0.1, -0.05) is 23.2 Å². The SMILES string of the molecule is COCC(=O)N1CCN(C(=O)c2[nH]c3ccc(F)c(Cl)c3c2Cl)CC1. The van der Waals surface area contributed by atoms with Gasteiger partial charge in [0.2, 0.25) is 5.91 Å². The zero-order valence-electron chi connectivity index (χ0n) is 13.4. The molecule has 1 fully saturated rings. The number of hydrogen-bond acceptors (Lipinski definition) is 3. The minimum atomic E-state index is -0.598. The molecule has 0 aliphatic carbocycles. The number of halogens is 3. The third-order valence-electron chi connectivity index (χ3n) is 4.19. The third kappa shape index (κ3) is 3.31. The van der Waals surface area contributed by atoms with Crippen LogP contribution in [0.15, 0.2) is 12.1 Å². The summed E-state index contributed by atoms with van der Waals surface area (Å²) in [5.74, 6) is -1.02. The van der Waals surface area contributed by atoms with E-state index in [4.69, 9.17) is 27.9 Å². The predicted molar refractivity (Wildman–Crippen MR) is 92.6 cm³/mol. The van der Waals surface area contributed by atoms with Crippen molar-refractivity contribution < 1.29 is 18.7 Å². The second kappa shape index (κ2) is 7.19. The Bertz CT molecular complexity index is 832. The monoisotopic (exact) mass is 387 g/mol. The highest BCUT2D eigenvalue weighted by Gasteiger charge is 2.28. The number of H-pyrrole nitrogens is 1. The second-order valence-electron chi connectivity index (χ2n) is 5.70. The molecule has 3 rings (SSSR count). The van der Waals surface area contributed by atoms with Crippen LogP contribution in [-0.2, 0) is 9.53 Å². The van der Waals surface area contributed by atoms with Crippen LogP contribution in [0.4, 0.5) is 4.39 Å². The molecule has 6 nitrogen and oxygen atoms in total. The van der Waals surface area contributed by atoms with Gasteiger partial charge in [0.25, 0.3) is 5.91 Å². The van der Waals surface area contributed by atoms with Gasteiger partial charge in [-0.15, -0.1) is 0 Å². The lowest BCUT2D eigenvalue weighted by atomic mass is 10.2. The number of nitrogens with one attached hydrogen (secondary N) is 1. The fourth-order valence-corrected chi connectivity index (χ4v) is 3.50. The van der Waals surface area contributed by atoms with Crippen LogP contribution < -0.4 is 0 Å². The number of nitrogens with zero attached hydrogens (tertiary/aromatic N) is 2. The molecule has 2 aromatic rings. The standard InChI is InChI=1S/C16H16Cl2FN3O3/c1-25-8-11(23)21-4-6-22(7-5-21)16(24)15-14(18)12-10(20-15)3-2-9(19)13(12)17/h2-3,20H,4-8H2,1H3. The summed E-state index contributed by atoms with van der Waals surface area (Å²) >= 11 is 12.2. The maximum atomic E-state index is 13.6. The Morgan fingerprint density at radius 2 is 1.80 bits per heavy atom. The number of benzene rings is 1. The highest BCUT2D eigenvalue weighted by atomic mass is 35.5. The zero-order valence-corrected chi connectivity index (χ0v) is 15.0. The topological polar surface area (TPSA) is 65.6 Å². The van der Waals surface area contributed by atoms with Crippen LogP contribution in [-0.4, -0.2) is 66.5 Å². The van der Waals surface area contributed by atoms with Crippen molar-refractivity contribution in [3.63, 3.8) is 0 Å². The fraction of sp³-hybridized carbons (Fsp3) is 0.375. The largest absolute Gasteiger partial charge is 0.375 e. The molecule has 1 saturated heterocycles. The van der Waals surface area contributed by atoms with Crippen LogP contribution in [0.3, 0.4) is 0 Å². The van der Waals surface area contributed by atoms with Gasteiger partial charge < -0.3 is 19.5 Å². The van der Waals surface area contributed by atoms with Crippen LogP contribution in [0.5, 0.6) is 0 Å². The molecule has 0 radical (unpaired) electrons. The van der Waals surface area contributed by atoms with Crippen LogP contribution in [0.1, 0.15) is 10.5 Å². The average Bonchev–Trinajstić information content (AvgIpc) is 2.95. The number of piperazine rings is 1. The lowest BCUT2D eigenvalue weighted by Gasteiger charge is -2.34. The van der Waals surface area contributed by atoms with Crippen molar-refractivity contribution in [2.24, 2.45) is 0 Å². The molecule has 2 amide bonds. The first kappa shape index (κ1) is 18.0. The van der Waals surface area contributed by atoms with Crippen molar-refractivity contribution in [1.29, 1.82) is 0 Å². The number of aromatic amines is 1. The highest BCUT2D eigenvalue weighted by Crippen LogP contribution is 2.35. The molecule has 0 unspecified atom stereocenters. The van der Waals surface area contributed by atoms with E-state index in [0.29, 0.717) is 37.1 Å². The fourth-order valence-electron chi connectivity index (χ4n) is 2.86. The van der Waals surface area contributed by atoms with Crippen LogP contribution in [0.2, 0.25) is 10.0 Å². The van der Waals surface area contributed by atoms with Gasteiger partial charge >= 0.3 is 0 Å². The lowest BCUT2D eigenvalue weighted by Crippen LogP contribution is -2.51. The van der Waals surface area contributed by atoms with Gasteiger partial charge in [-0.2, -0.15) is 0 Å². The number of rotatable bonds is 3. The second-order valence-corrected chi connectivity index (χ2v) is 6.46. The molecule has 1 aliphatic rings. The molecule has 134 valence electrons. The molecule has 25 heavy (non-hydrogen) atoms. The summed E-state index contributed by atoms with van der Waals surface area (Å²) < 4.78 is 18.5. The van der Waals surface area contributed by atoms with Crippen molar-refractivity contribution >= 4 is 45.9 Å². The number of fused-ring (bicyclic) bond motifs is 1. The number of ether oxygens (including phenoxy) is 1. The van der Waals surface area contributed by atoms with E-state index < -0.39 is 5.82 Å². The first-order valence-corrected chi connectivity index (χ1v) is 8.40. The van der Waals surface area contributed by atoms with Gasteiger partial charge in [-0.3, -0.25) is 9.59 Å². The average molecular weight is 388 g/mol. The van der Waals surface area contributed by atoms with E-state index in [1.807, 2.05) is 0 Å². The van der Waals surface area contributed by atoms with Gasteiger partial charge in [0.05, 0.1) is 10.0 Å². The maximum Gasteiger partial charge on any atom is 0.271 e. The summed E-state index contributed by atoms with van der Waals surface area (Å²) in [4.78, 5) is 30.7. The summed E-state index contributed by atoms with van der Waals surface area (Å²) in [6.07, 6.45) is 0. The highest BCUT2D eigenvalue weighted by molar-refractivity contribution is 6.44. The Balaban J connectivity index is 1.79. The smallest absolute Gasteiger partial charge is 0.271 e. The Hall–Kier alpha value is -1.83. The minimum Gasteiger partial charge on any atom is -0.375 e. The molecule has 1 aromatic carbocycles. The molecule has 1 aliphatic heterocycles. The summed E-state index contributed by atoms with van der Waals surface area (Å²) in [7, 11) is 1.46. The maximum absolute atomic E-state index is 13.6. The molecule has 0 bridgehead atoms. The van der Waals surface area contributed by atoms with E-state index in [1.54, 1.807) is 9.80 Å². The lowest BCUT2D eigenvalue weighted by molar-refractivity contribution is -0.136. The summed E-state index contributed by atoms with van der Waals surface area (Å²) in [6, 6.07) is 2.70. The number of hydrogen-bond donors (Lipinski definition) is 1. The number of aromatic nitrogens is 1. The Kier molecular flexibility index (Phi) is 5.17. The van der Waals surface area contributed by atoms with E-state index in [1.165, 1.54) is 19.2 Å². The van der Waals surface area contributed by atoms with Gasteiger partial charge in [0, 0.05) is 44.2 Å². The molecule has 0 saturated carbocycles. The number of carbonyl (C=O) groups is 2. The predicted octanol–water partition coefficient (Wildman–Crippen LogP) is 2.54. The van der Waals surface area contributed by atoms with Crippen LogP contribution in [0, 0.1) is 5.82 Å². The summed E-state index contributed by atoms with van der Waals surface area (Å²) in [6.45, 7) is 1.61. The Labute approximate surface area is 153 Å². The van der Waals surface area contributed by atoms with Crippen LogP contribution in [0.25, 0.3) is 10.9 Å². The van der Waals surface area contributed by atoms with Gasteiger partial charge in [-0.05, 0) is 12.1 Å². The zero-order chi connectivity index (χ0) is 18.1. The van der Waals surface area contributed by atoms with Gasteiger partial charge in [0.1, 0.15) is 18.1 Å². The van der Waals surface area contributed by atoms with E-state index in [9.17, 15) is 14.0 Å². The van der Waals surface area contributed by atoms with Crippen molar-refractivity contribution in [2.45, 2.75) is 0 Å². The molecule has 1 N–H and O–H groups in total. The number of amides is 2. The molecule has 0 spiro atoms. The van der Waals surface area contributed by atoms with Crippen LogP contribution >= 0.6 is 23.2 Å². The van der Waals surface area contributed by atoms with E-state index in [0.717, 1.165) is 0 Å². The minimum absolute atomic E-state index is 0.0197. The Morgan fingerprint density at radius 3 is 2.44 bits per heavy atom. The van der Waals surface area contributed by atoms with E-state index >= 15 is 0 Å². The Morgan fingerprint density at radius 1 is 1.16 bits per heavy atom. The quantitative estimate of drug-likeness (QED) is 0.879. The van der Waals surface area contributed by atoms with Gasteiger partial charge in [0.15, 0.2) is 0 Å². The van der Waals surface area contributed by atoms with E-state index in [2.05, 4.69) is 4.98 Å². The first-order chi connectivity index (χ1) is 11.9. The number of carbonyl (C=O) groups excluding carboxylic acids is 2. The molecule has 0 atom stereocenters. The first-order valence-electron chi connectivity index (χ1n) is 7.65. The van der Waals surface area contributed by atoms with Crippen molar-refractivity contribution in [1.82, 2.24) is 14.8 Å².